The molecule has 7 heteroatoms. The summed E-state index contributed by atoms with van der Waals surface area (Å²) in [5, 5.41) is 7.23. The quantitative estimate of drug-likeness (QED) is 0.801. The van der Waals surface area contributed by atoms with Gasteiger partial charge in [0.2, 0.25) is 5.91 Å². The fraction of sp³-hybridized carbons (Fsp3) is 0.692. The van der Waals surface area contributed by atoms with Crippen LogP contribution in [0.4, 0.5) is 0 Å². The number of rotatable bonds is 7. The molecule has 1 aromatic rings. The third-order valence-corrected chi connectivity index (χ3v) is 4.22. The monoisotopic (exact) mass is 339 g/mol. The number of hydrogen-bond acceptors (Lipinski definition) is 4. The molecule has 1 heterocycles. The van der Waals surface area contributed by atoms with Crippen LogP contribution < -0.4 is 10.6 Å². The second-order valence-electron chi connectivity index (χ2n) is 4.92. The van der Waals surface area contributed by atoms with Crippen molar-refractivity contribution in [1.82, 2.24) is 15.6 Å². The summed E-state index contributed by atoms with van der Waals surface area (Å²) in [6.07, 6.45) is 3.52. The van der Waals surface area contributed by atoms with Gasteiger partial charge in [0.1, 0.15) is 0 Å². The molecular formula is C13H23Cl2N3OS. The van der Waals surface area contributed by atoms with Crippen molar-refractivity contribution in [2.45, 2.75) is 33.1 Å². The minimum atomic E-state index is 0. The number of nitrogens with zero attached hydrogens (tertiary/aromatic N) is 1. The van der Waals surface area contributed by atoms with E-state index in [4.69, 9.17) is 0 Å². The molecule has 1 aromatic heterocycles. The van der Waals surface area contributed by atoms with Crippen molar-refractivity contribution in [2.24, 2.45) is 5.92 Å². The molecule has 1 fully saturated rings. The Labute approximate surface area is 137 Å². The number of aromatic nitrogens is 1. The summed E-state index contributed by atoms with van der Waals surface area (Å²) in [5.74, 6) is 0.912. The summed E-state index contributed by atoms with van der Waals surface area (Å²) >= 11 is 1.72. The number of amides is 1. The Morgan fingerprint density at radius 3 is 2.60 bits per heavy atom. The summed E-state index contributed by atoms with van der Waals surface area (Å²) in [4.78, 5) is 17.2. The number of hydrogen-bond donors (Lipinski definition) is 2. The number of aryl methyl sites for hydroxylation is 2. The Morgan fingerprint density at radius 2 is 2.05 bits per heavy atom. The van der Waals surface area contributed by atoms with E-state index in [-0.39, 0.29) is 30.7 Å². The van der Waals surface area contributed by atoms with Crippen LogP contribution in [-0.4, -0.2) is 30.5 Å². The molecule has 4 nitrogen and oxygen atoms in total. The van der Waals surface area contributed by atoms with E-state index in [2.05, 4.69) is 15.6 Å². The van der Waals surface area contributed by atoms with E-state index in [0.717, 1.165) is 29.6 Å². The molecular weight excluding hydrogens is 317 g/mol. The molecule has 2 N–H and O–H groups in total. The minimum absolute atomic E-state index is 0. The van der Waals surface area contributed by atoms with E-state index in [9.17, 15) is 4.79 Å². The zero-order chi connectivity index (χ0) is 13.0. The molecule has 1 saturated carbocycles. The predicted octanol–water partition coefficient (Wildman–Crippen LogP) is 2.26. The van der Waals surface area contributed by atoms with Gasteiger partial charge in [0.05, 0.1) is 17.2 Å². The summed E-state index contributed by atoms with van der Waals surface area (Å²) < 4.78 is 0. The molecule has 0 saturated heterocycles. The lowest BCUT2D eigenvalue weighted by atomic mass is 10.3. The molecule has 1 amide bonds. The van der Waals surface area contributed by atoms with Crippen LogP contribution in [0.1, 0.15) is 28.4 Å². The van der Waals surface area contributed by atoms with Gasteiger partial charge in [-0.25, -0.2) is 4.98 Å². The number of halogens is 2. The van der Waals surface area contributed by atoms with E-state index in [1.165, 1.54) is 17.7 Å². The first-order valence-corrected chi connectivity index (χ1v) is 7.37. The molecule has 0 unspecified atom stereocenters. The first kappa shape index (κ1) is 19.6. The molecule has 0 aromatic carbocycles. The van der Waals surface area contributed by atoms with Crippen molar-refractivity contribution >= 4 is 42.1 Å². The Hall–Kier alpha value is -0.360. The Balaban J connectivity index is 0.00000180. The molecule has 0 spiro atoms. The highest BCUT2D eigenvalue weighted by molar-refractivity contribution is 7.11. The Kier molecular flexibility index (Phi) is 9.38. The lowest BCUT2D eigenvalue weighted by Gasteiger charge is -2.05. The highest BCUT2D eigenvalue weighted by atomic mass is 35.5. The van der Waals surface area contributed by atoms with Gasteiger partial charge < -0.3 is 10.6 Å². The lowest BCUT2D eigenvalue weighted by molar-refractivity contribution is -0.120. The third kappa shape index (κ3) is 6.88. The average Bonchev–Trinajstić information content (AvgIpc) is 3.06. The Bertz CT molecular complexity index is 422. The normalized spacial score (nSPS) is 13.3. The van der Waals surface area contributed by atoms with E-state index >= 15 is 0 Å². The second kappa shape index (κ2) is 9.55. The van der Waals surface area contributed by atoms with Crippen LogP contribution in [-0.2, 0) is 11.2 Å². The van der Waals surface area contributed by atoms with Gasteiger partial charge in [-0.05, 0) is 39.2 Å². The van der Waals surface area contributed by atoms with Gasteiger partial charge in [-0.1, -0.05) is 0 Å². The molecule has 1 aliphatic rings. The predicted molar refractivity (Wildman–Crippen MR) is 88.4 cm³/mol. The third-order valence-electron chi connectivity index (χ3n) is 3.09. The fourth-order valence-electron chi connectivity index (χ4n) is 1.90. The molecule has 0 bridgehead atoms. The average molecular weight is 340 g/mol. The second-order valence-corrected chi connectivity index (χ2v) is 6.20. The van der Waals surface area contributed by atoms with Gasteiger partial charge in [-0.3, -0.25) is 4.79 Å². The largest absolute Gasteiger partial charge is 0.355 e. The highest BCUT2D eigenvalue weighted by Crippen LogP contribution is 2.27. The zero-order valence-electron chi connectivity index (χ0n) is 11.9. The van der Waals surface area contributed by atoms with Crippen LogP contribution in [0, 0.1) is 19.8 Å². The van der Waals surface area contributed by atoms with E-state index in [1.54, 1.807) is 11.3 Å². The first-order chi connectivity index (χ1) is 8.65. The van der Waals surface area contributed by atoms with Crippen molar-refractivity contribution in [1.29, 1.82) is 0 Å². The van der Waals surface area contributed by atoms with Crippen molar-refractivity contribution < 1.29 is 4.79 Å². The lowest BCUT2D eigenvalue weighted by Crippen LogP contribution is -2.35. The topological polar surface area (TPSA) is 54.0 Å². The summed E-state index contributed by atoms with van der Waals surface area (Å²) in [7, 11) is 0. The van der Waals surface area contributed by atoms with Gasteiger partial charge in [0, 0.05) is 17.8 Å². The van der Waals surface area contributed by atoms with Crippen LogP contribution in [0.25, 0.3) is 0 Å². The molecule has 2 rings (SSSR count). The van der Waals surface area contributed by atoms with E-state index in [0.29, 0.717) is 13.1 Å². The maximum atomic E-state index is 11.5. The van der Waals surface area contributed by atoms with E-state index < -0.39 is 0 Å². The van der Waals surface area contributed by atoms with Crippen molar-refractivity contribution in [2.75, 3.05) is 19.6 Å². The molecule has 116 valence electrons. The van der Waals surface area contributed by atoms with Crippen LogP contribution in [0.5, 0.6) is 0 Å². The Morgan fingerprint density at radius 1 is 1.35 bits per heavy atom. The number of carbonyl (C=O) groups excluding carboxylic acids is 1. The standard InChI is InChI=1S/C13H21N3OS.2ClH/c1-9-12(18-10(2)16-9)5-6-15-13(17)8-14-7-11-3-4-11;;/h11,14H,3-8H2,1-2H3,(H,15,17);2*1H. The molecule has 1 aliphatic carbocycles. The molecule has 0 radical (unpaired) electrons. The SMILES string of the molecule is Cc1nc(C)c(CCNC(=O)CNCC2CC2)s1.Cl.Cl. The maximum Gasteiger partial charge on any atom is 0.233 e. The summed E-state index contributed by atoms with van der Waals surface area (Å²) in [6, 6.07) is 0. The molecule has 20 heavy (non-hydrogen) atoms. The smallest absolute Gasteiger partial charge is 0.233 e. The highest BCUT2D eigenvalue weighted by Gasteiger charge is 2.20. The number of carbonyl (C=O) groups is 1. The van der Waals surface area contributed by atoms with Gasteiger partial charge in [0.25, 0.3) is 0 Å². The zero-order valence-corrected chi connectivity index (χ0v) is 14.3. The van der Waals surface area contributed by atoms with Gasteiger partial charge in [0.15, 0.2) is 0 Å². The van der Waals surface area contributed by atoms with Crippen molar-refractivity contribution in [3.8, 4) is 0 Å². The summed E-state index contributed by atoms with van der Waals surface area (Å²) in [6.45, 7) is 6.17. The van der Waals surface area contributed by atoms with Crippen LogP contribution in [0.15, 0.2) is 0 Å². The van der Waals surface area contributed by atoms with Crippen LogP contribution >= 0.6 is 36.2 Å². The number of nitrogens with one attached hydrogen (secondary N) is 2. The molecule has 0 aliphatic heterocycles. The van der Waals surface area contributed by atoms with Crippen molar-refractivity contribution in [3.05, 3.63) is 15.6 Å². The van der Waals surface area contributed by atoms with Crippen molar-refractivity contribution in [3.63, 3.8) is 0 Å². The fourth-order valence-corrected chi connectivity index (χ4v) is 2.83. The van der Waals surface area contributed by atoms with Crippen LogP contribution in [0.3, 0.4) is 0 Å². The first-order valence-electron chi connectivity index (χ1n) is 6.55. The minimum Gasteiger partial charge on any atom is -0.355 e. The summed E-state index contributed by atoms with van der Waals surface area (Å²) in [5.41, 5.74) is 1.10. The van der Waals surface area contributed by atoms with Gasteiger partial charge in [-0.2, -0.15) is 0 Å². The van der Waals surface area contributed by atoms with Gasteiger partial charge in [-0.15, -0.1) is 36.2 Å². The van der Waals surface area contributed by atoms with Gasteiger partial charge >= 0.3 is 0 Å². The van der Waals surface area contributed by atoms with Crippen LogP contribution in [0.2, 0.25) is 0 Å². The van der Waals surface area contributed by atoms with E-state index in [1.807, 2.05) is 13.8 Å². The number of thiazole rings is 1. The maximum absolute atomic E-state index is 11.5. The molecule has 0 atom stereocenters.